The van der Waals surface area contributed by atoms with E-state index in [9.17, 15) is 9.18 Å². The van der Waals surface area contributed by atoms with E-state index in [0.29, 0.717) is 9.72 Å². The first-order chi connectivity index (χ1) is 8.13. The summed E-state index contributed by atoms with van der Waals surface area (Å²) in [5.74, 6) is -1.16. The molecule has 0 N–H and O–H groups in total. The Balaban J connectivity index is 2.31. The van der Waals surface area contributed by atoms with Gasteiger partial charge in [0.15, 0.2) is 0 Å². The van der Waals surface area contributed by atoms with Crippen molar-refractivity contribution in [2.75, 3.05) is 6.61 Å². The molecule has 0 spiro atoms. The largest absolute Gasteiger partial charge is 0.462 e. The number of carbonyl (C=O) groups excluding carboxylic acids is 1. The maximum Gasteiger partial charge on any atom is 0.342 e. The van der Waals surface area contributed by atoms with Crippen molar-refractivity contribution in [3.8, 4) is 0 Å². The molecule has 0 atom stereocenters. The average Bonchev–Trinajstić information content (AvgIpc) is 3.07. The standard InChI is InChI=1S/C12H12BrFO2S/c1-2-16-12(15)10-8(14)5-6-9(11(10)13)17-7-3-4-7/h5-7H,2-4H2,1H3. The number of esters is 1. The number of hydrogen-bond acceptors (Lipinski definition) is 3. The fraction of sp³-hybridized carbons (Fsp3) is 0.417. The molecule has 0 amide bonds. The molecule has 0 heterocycles. The predicted octanol–water partition coefficient (Wildman–Crippen LogP) is 4.02. The quantitative estimate of drug-likeness (QED) is 0.784. The van der Waals surface area contributed by atoms with E-state index < -0.39 is 11.8 Å². The van der Waals surface area contributed by atoms with Gasteiger partial charge in [0, 0.05) is 14.6 Å². The summed E-state index contributed by atoms with van der Waals surface area (Å²) in [5.41, 5.74) is -0.00231. The van der Waals surface area contributed by atoms with Gasteiger partial charge >= 0.3 is 5.97 Å². The Hall–Kier alpha value is -0.550. The lowest BCUT2D eigenvalue weighted by atomic mass is 10.2. The average molecular weight is 319 g/mol. The van der Waals surface area contributed by atoms with Crippen molar-refractivity contribution in [1.82, 2.24) is 0 Å². The van der Waals surface area contributed by atoms with Crippen LogP contribution in [0.3, 0.4) is 0 Å². The molecule has 0 bridgehead atoms. The van der Waals surface area contributed by atoms with Crippen LogP contribution < -0.4 is 0 Å². The second kappa shape index (κ2) is 5.40. The Labute approximate surface area is 112 Å². The lowest BCUT2D eigenvalue weighted by Crippen LogP contribution is -2.08. The highest BCUT2D eigenvalue weighted by atomic mass is 79.9. The fourth-order valence-electron chi connectivity index (χ4n) is 1.38. The van der Waals surface area contributed by atoms with Gasteiger partial charge in [-0.3, -0.25) is 0 Å². The zero-order valence-corrected chi connectivity index (χ0v) is 11.7. The van der Waals surface area contributed by atoms with Crippen LogP contribution in [0.4, 0.5) is 4.39 Å². The van der Waals surface area contributed by atoms with Crippen LogP contribution in [-0.2, 0) is 4.74 Å². The van der Waals surface area contributed by atoms with E-state index in [2.05, 4.69) is 15.9 Å². The van der Waals surface area contributed by atoms with Gasteiger partial charge in [0.25, 0.3) is 0 Å². The molecular weight excluding hydrogens is 307 g/mol. The third-order valence-electron chi connectivity index (χ3n) is 2.35. The van der Waals surface area contributed by atoms with Gasteiger partial charge in [-0.15, -0.1) is 11.8 Å². The predicted molar refractivity (Wildman–Crippen MR) is 68.9 cm³/mol. The second-order valence-electron chi connectivity index (χ2n) is 3.77. The molecule has 0 saturated heterocycles. The minimum atomic E-state index is -0.616. The molecule has 0 radical (unpaired) electrons. The van der Waals surface area contributed by atoms with E-state index in [1.54, 1.807) is 24.8 Å². The van der Waals surface area contributed by atoms with Gasteiger partial charge in [-0.2, -0.15) is 0 Å². The molecular formula is C12H12BrFO2S. The van der Waals surface area contributed by atoms with Crippen LogP contribution >= 0.6 is 27.7 Å². The first kappa shape index (κ1) is 12.9. The molecule has 2 nitrogen and oxygen atoms in total. The molecule has 1 aliphatic rings. The SMILES string of the molecule is CCOC(=O)c1c(F)ccc(SC2CC2)c1Br. The number of halogens is 2. The van der Waals surface area contributed by atoms with Crippen molar-refractivity contribution >= 4 is 33.7 Å². The summed E-state index contributed by atoms with van der Waals surface area (Å²) in [4.78, 5) is 12.5. The van der Waals surface area contributed by atoms with Crippen LogP contribution in [0.2, 0.25) is 0 Å². The first-order valence-corrected chi connectivity index (χ1v) is 7.12. The molecule has 17 heavy (non-hydrogen) atoms. The van der Waals surface area contributed by atoms with E-state index in [0.717, 1.165) is 4.90 Å². The molecule has 1 aromatic rings. The maximum atomic E-state index is 13.6. The summed E-state index contributed by atoms with van der Waals surface area (Å²) >= 11 is 4.97. The zero-order chi connectivity index (χ0) is 12.4. The Morgan fingerprint density at radius 3 is 2.88 bits per heavy atom. The Bertz CT molecular complexity index is 446. The van der Waals surface area contributed by atoms with Crippen LogP contribution in [-0.4, -0.2) is 17.8 Å². The number of hydrogen-bond donors (Lipinski definition) is 0. The van der Waals surface area contributed by atoms with E-state index in [4.69, 9.17) is 4.74 Å². The number of ether oxygens (including phenoxy) is 1. The third-order valence-corrected chi connectivity index (χ3v) is 4.84. The van der Waals surface area contributed by atoms with Gasteiger partial charge in [-0.25, -0.2) is 9.18 Å². The molecule has 1 aliphatic carbocycles. The summed E-state index contributed by atoms with van der Waals surface area (Å²) in [6, 6.07) is 3.02. The summed E-state index contributed by atoms with van der Waals surface area (Å²) in [6.45, 7) is 1.94. The topological polar surface area (TPSA) is 26.3 Å². The minimum Gasteiger partial charge on any atom is -0.462 e. The van der Waals surface area contributed by atoms with E-state index in [1.807, 2.05) is 0 Å². The monoisotopic (exact) mass is 318 g/mol. The molecule has 0 unspecified atom stereocenters. The maximum absolute atomic E-state index is 13.6. The highest BCUT2D eigenvalue weighted by Crippen LogP contribution is 2.43. The van der Waals surface area contributed by atoms with Crippen LogP contribution in [0.1, 0.15) is 30.1 Å². The summed E-state index contributed by atoms with van der Waals surface area (Å²) in [6.07, 6.45) is 2.37. The third kappa shape index (κ3) is 3.01. The van der Waals surface area contributed by atoms with Gasteiger partial charge in [0.1, 0.15) is 11.4 Å². The van der Waals surface area contributed by atoms with Gasteiger partial charge in [-0.1, -0.05) is 0 Å². The number of thioether (sulfide) groups is 1. The highest BCUT2D eigenvalue weighted by Gasteiger charge is 2.26. The van der Waals surface area contributed by atoms with Crippen LogP contribution in [0.5, 0.6) is 0 Å². The summed E-state index contributed by atoms with van der Waals surface area (Å²) in [7, 11) is 0. The fourth-order valence-corrected chi connectivity index (χ4v) is 3.23. The smallest absolute Gasteiger partial charge is 0.342 e. The van der Waals surface area contributed by atoms with Crippen molar-refractivity contribution in [1.29, 1.82) is 0 Å². The molecule has 5 heteroatoms. The van der Waals surface area contributed by atoms with Crippen molar-refractivity contribution in [2.45, 2.75) is 29.9 Å². The normalized spacial score (nSPS) is 14.8. The first-order valence-electron chi connectivity index (χ1n) is 5.45. The summed E-state index contributed by atoms with van der Waals surface area (Å²) < 4.78 is 19.0. The van der Waals surface area contributed by atoms with Crippen molar-refractivity contribution in [3.63, 3.8) is 0 Å². The highest BCUT2D eigenvalue weighted by molar-refractivity contribution is 9.10. The van der Waals surface area contributed by atoms with Crippen LogP contribution in [0.25, 0.3) is 0 Å². The lowest BCUT2D eigenvalue weighted by Gasteiger charge is -2.09. The number of rotatable bonds is 4. The van der Waals surface area contributed by atoms with Crippen LogP contribution in [0.15, 0.2) is 21.5 Å². The van der Waals surface area contributed by atoms with Gasteiger partial charge in [0.05, 0.1) is 6.61 Å². The number of benzene rings is 1. The molecule has 1 fully saturated rings. The van der Waals surface area contributed by atoms with Gasteiger partial charge < -0.3 is 4.74 Å². The Kier molecular flexibility index (Phi) is 4.09. The van der Waals surface area contributed by atoms with Gasteiger partial charge in [-0.05, 0) is 47.8 Å². The Morgan fingerprint density at radius 1 is 1.59 bits per heavy atom. The Morgan fingerprint density at radius 2 is 2.29 bits per heavy atom. The molecule has 1 aromatic carbocycles. The molecule has 92 valence electrons. The number of carbonyl (C=O) groups is 1. The lowest BCUT2D eigenvalue weighted by molar-refractivity contribution is 0.0519. The van der Waals surface area contributed by atoms with E-state index >= 15 is 0 Å². The van der Waals surface area contributed by atoms with E-state index in [-0.39, 0.29) is 12.2 Å². The molecule has 0 aromatic heterocycles. The molecule has 0 aliphatic heterocycles. The second-order valence-corrected chi connectivity index (χ2v) is 5.91. The van der Waals surface area contributed by atoms with E-state index in [1.165, 1.54) is 18.9 Å². The molecule has 1 saturated carbocycles. The summed E-state index contributed by atoms with van der Waals surface area (Å²) in [5, 5.41) is 0.604. The van der Waals surface area contributed by atoms with Crippen molar-refractivity contribution < 1.29 is 13.9 Å². The minimum absolute atomic E-state index is 0.00231. The van der Waals surface area contributed by atoms with Crippen LogP contribution in [0, 0.1) is 5.82 Å². The van der Waals surface area contributed by atoms with Crippen molar-refractivity contribution in [2.24, 2.45) is 0 Å². The van der Waals surface area contributed by atoms with Crippen molar-refractivity contribution in [3.05, 3.63) is 28.0 Å². The zero-order valence-electron chi connectivity index (χ0n) is 9.33. The van der Waals surface area contributed by atoms with Gasteiger partial charge in [0.2, 0.25) is 0 Å². The molecule has 2 rings (SSSR count).